The molecule has 2 aromatic heterocycles. The van der Waals surface area contributed by atoms with Gasteiger partial charge in [0.25, 0.3) is 0 Å². The highest BCUT2D eigenvalue weighted by molar-refractivity contribution is 5.98. The van der Waals surface area contributed by atoms with Crippen molar-refractivity contribution in [2.45, 2.75) is 50.9 Å². The van der Waals surface area contributed by atoms with E-state index >= 15 is 0 Å². The standard InChI is InChI=1S/C28H29F2N3O3/c29-23-6-5-20(13-24(23)30)33-26-12-19-15-31-32-25(19)14-21(26)22(27(33)17-7-9-36-10-8-17)11-16-1-3-18(4-2-16)28(34)35/h5-6,12-18H,1-4,7-11H2,(H,31,32)(H,34,35)/t16-,18+. The van der Waals surface area contributed by atoms with Gasteiger partial charge in [-0.25, -0.2) is 8.78 Å². The second-order valence-electron chi connectivity index (χ2n) is 10.3. The van der Waals surface area contributed by atoms with E-state index in [0.717, 1.165) is 59.6 Å². The number of carbonyl (C=O) groups is 1. The van der Waals surface area contributed by atoms with Crippen LogP contribution in [0.15, 0.2) is 36.5 Å². The summed E-state index contributed by atoms with van der Waals surface area (Å²) in [6.07, 6.45) is 7.45. The van der Waals surface area contributed by atoms with E-state index in [2.05, 4.69) is 26.9 Å². The first-order valence-corrected chi connectivity index (χ1v) is 12.8. The third-order valence-electron chi connectivity index (χ3n) is 8.13. The summed E-state index contributed by atoms with van der Waals surface area (Å²) >= 11 is 0. The summed E-state index contributed by atoms with van der Waals surface area (Å²) < 4.78 is 36.1. The molecule has 2 N–H and O–H groups in total. The quantitative estimate of drug-likeness (QED) is 0.351. The molecular formula is C28H29F2N3O3. The second-order valence-corrected chi connectivity index (χ2v) is 10.3. The van der Waals surface area contributed by atoms with Crippen LogP contribution in [0.3, 0.4) is 0 Å². The fourth-order valence-corrected chi connectivity index (χ4v) is 6.23. The van der Waals surface area contributed by atoms with Gasteiger partial charge in [-0.3, -0.25) is 9.89 Å². The molecule has 1 saturated carbocycles. The number of hydrogen-bond donors (Lipinski definition) is 2. The molecule has 1 aliphatic heterocycles. The number of H-pyrrole nitrogens is 1. The summed E-state index contributed by atoms with van der Waals surface area (Å²) in [7, 11) is 0. The van der Waals surface area contributed by atoms with Gasteiger partial charge in [0.2, 0.25) is 0 Å². The lowest BCUT2D eigenvalue weighted by Crippen LogP contribution is -2.23. The van der Waals surface area contributed by atoms with Gasteiger partial charge in [0.05, 0.1) is 23.1 Å². The van der Waals surface area contributed by atoms with Gasteiger partial charge < -0.3 is 14.4 Å². The lowest BCUT2D eigenvalue weighted by atomic mass is 9.78. The Labute approximate surface area is 207 Å². The fraction of sp³-hybridized carbons (Fsp3) is 0.429. The molecule has 4 aromatic rings. The summed E-state index contributed by atoms with van der Waals surface area (Å²) in [6.45, 7) is 1.33. The van der Waals surface area contributed by atoms with E-state index in [1.54, 1.807) is 12.3 Å². The van der Waals surface area contributed by atoms with Crippen LogP contribution in [0.2, 0.25) is 0 Å². The zero-order valence-corrected chi connectivity index (χ0v) is 20.0. The first-order chi connectivity index (χ1) is 17.5. The van der Waals surface area contributed by atoms with E-state index in [1.807, 2.05) is 0 Å². The number of nitrogens with one attached hydrogen (secondary N) is 1. The van der Waals surface area contributed by atoms with Gasteiger partial charge in [0.15, 0.2) is 11.6 Å². The van der Waals surface area contributed by atoms with Crippen LogP contribution >= 0.6 is 0 Å². The van der Waals surface area contributed by atoms with Crippen molar-refractivity contribution >= 4 is 27.8 Å². The maximum absolute atomic E-state index is 14.5. The SMILES string of the molecule is O=C(O)[C@H]1CC[C@@H](Cc2c(C3CCOCC3)n(-c3ccc(F)c(F)c3)c3cc4cn[nH]c4cc23)CC1. The summed E-state index contributed by atoms with van der Waals surface area (Å²) in [5.41, 5.74) is 4.84. The number of benzene rings is 2. The third kappa shape index (κ3) is 4.07. The lowest BCUT2D eigenvalue weighted by Gasteiger charge is -2.29. The van der Waals surface area contributed by atoms with Gasteiger partial charge in [-0.15, -0.1) is 0 Å². The molecule has 0 amide bonds. The Morgan fingerprint density at radius 1 is 1.06 bits per heavy atom. The lowest BCUT2D eigenvalue weighted by molar-refractivity contribution is -0.143. The molecule has 36 heavy (non-hydrogen) atoms. The maximum Gasteiger partial charge on any atom is 0.306 e. The minimum absolute atomic E-state index is 0.223. The number of ether oxygens (including phenoxy) is 1. The summed E-state index contributed by atoms with van der Waals surface area (Å²) in [6, 6.07) is 8.30. The molecule has 0 spiro atoms. The van der Waals surface area contributed by atoms with Crippen molar-refractivity contribution in [3.8, 4) is 5.69 Å². The molecule has 2 fully saturated rings. The highest BCUT2D eigenvalue weighted by atomic mass is 19.2. The summed E-state index contributed by atoms with van der Waals surface area (Å²) in [4.78, 5) is 11.5. The number of aliphatic carboxylic acids is 1. The minimum atomic E-state index is -0.870. The van der Waals surface area contributed by atoms with Crippen molar-refractivity contribution in [2.75, 3.05) is 13.2 Å². The van der Waals surface area contributed by atoms with Gasteiger partial charge in [-0.2, -0.15) is 5.10 Å². The van der Waals surface area contributed by atoms with Gasteiger partial charge in [0.1, 0.15) is 0 Å². The molecule has 3 heterocycles. The van der Waals surface area contributed by atoms with Crippen molar-refractivity contribution in [3.63, 3.8) is 0 Å². The Bertz CT molecular complexity index is 1430. The van der Waals surface area contributed by atoms with Crippen LogP contribution in [-0.4, -0.2) is 39.1 Å². The number of fused-ring (bicyclic) bond motifs is 2. The summed E-state index contributed by atoms with van der Waals surface area (Å²) in [5.74, 6) is -2.10. The molecule has 0 atom stereocenters. The smallest absolute Gasteiger partial charge is 0.306 e. The van der Waals surface area contributed by atoms with Crippen LogP contribution in [0.5, 0.6) is 0 Å². The fourth-order valence-electron chi connectivity index (χ4n) is 6.23. The van der Waals surface area contributed by atoms with Crippen LogP contribution in [0.1, 0.15) is 55.7 Å². The van der Waals surface area contributed by atoms with E-state index in [9.17, 15) is 18.7 Å². The van der Waals surface area contributed by atoms with Crippen molar-refractivity contribution in [1.29, 1.82) is 0 Å². The van der Waals surface area contributed by atoms with Gasteiger partial charge in [-0.05, 0) is 80.7 Å². The van der Waals surface area contributed by atoms with Crippen LogP contribution in [0.4, 0.5) is 8.78 Å². The highest BCUT2D eigenvalue weighted by Gasteiger charge is 2.31. The zero-order chi connectivity index (χ0) is 24.8. The molecule has 1 aliphatic carbocycles. The molecule has 188 valence electrons. The Balaban J connectivity index is 1.54. The number of carboxylic acid groups (broad SMARTS) is 1. The van der Waals surface area contributed by atoms with Crippen LogP contribution in [0, 0.1) is 23.5 Å². The molecular weight excluding hydrogens is 464 g/mol. The second kappa shape index (κ2) is 9.32. The molecule has 1 saturated heterocycles. The maximum atomic E-state index is 14.5. The van der Waals surface area contributed by atoms with Gasteiger partial charge in [0, 0.05) is 47.4 Å². The molecule has 0 bridgehead atoms. The Morgan fingerprint density at radius 2 is 1.83 bits per heavy atom. The number of hydrogen-bond acceptors (Lipinski definition) is 3. The van der Waals surface area contributed by atoms with E-state index in [-0.39, 0.29) is 11.8 Å². The number of rotatable bonds is 5. The molecule has 0 unspecified atom stereocenters. The largest absolute Gasteiger partial charge is 0.481 e. The predicted octanol–water partition coefficient (Wildman–Crippen LogP) is 6.11. The van der Waals surface area contributed by atoms with E-state index in [4.69, 9.17) is 4.74 Å². The highest BCUT2D eigenvalue weighted by Crippen LogP contribution is 2.42. The normalized spacial score (nSPS) is 21.4. The van der Waals surface area contributed by atoms with E-state index in [0.29, 0.717) is 37.7 Å². The van der Waals surface area contributed by atoms with E-state index in [1.165, 1.54) is 17.7 Å². The van der Waals surface area contributed by atoms with Crippen molar-refractivity contribution in [1.82, 2.24) is 14.8 Å². The Morgan fingerprint density at radius 3 is 2.56 bits per heavy atom. The monoisotopic (exact) mass is 493 g/mol. The molecule has 2 aliphatic rings. The zero-order valence-electron chi connectivity index (χ0n) is 20.0. The molecule has 0 radical (unpaired) electrons. The number of aromatic amines is 1. The number of aromatic nitrogens is 3. The van der Waals surface area contributed by atoms with Crippen LogP contribution in [-0.2, 0) is 16.0 Å². The Hall–Kier alpha value is -3.26. The third-order valence-corrected chi connectivity index (χ3v) is 8.13. The van der Waals surface area contributed by atoms with Gasteiger partial charge in [-0.1, -0.05) is 0 Å². The molecule has 6 nitrogen and oxygen atoms in total. The molecule has 6 rings (SSSR count). The van der Waals surface area contributed by atoms with Crippen molar-refractivity contribution in [2.24, 2.45) is 11.8 Å². The van der Waals surface area contributed by atoms with Crippen LogP contribution in [0.25, 0.3) is 27.5 Å². The topological polar surface area (TPSA) is 80.1 Å². The number of nitrogens with zero attached hydrogens (tertiary/aromatic N) is 2. The molecule has 8 heteroatoms. The van der Waals surface area contributed by atoms with Gasteiger partial charge >= 0.3 is 5.97 Å². The van der Waals surface area contributed by atoms with Crippen molar-refractivity contribution in [3.05, 3.63) is 59.4 Å². The first kappa shape index (κ1) is 23.2. The number of carboxylic acids is 1. The average molecular weight is 494 g/mol. The first-order valence-electron chi connectivity index (χ1n) is 12.8. The predicted molar refractivity (Wildman–Crippen MR) is 132 cm³/mol. The number of halogens is 2. The van der Waals surface area contributed by atoms with Crippen LogP contribution < -0.4 is 0 Å². The van der Waals surface area contributed by atoms with Crippen molar-refractivity contribution < 1.29 is 23.4 Å². The molecule has 2 aromatic carbocycles. The average Bonchev–Trinajstić information content (AvgIpc) is 3.47. The van der Waals surface area contributed by atoms with E-state index < -0.39 is 17.6 Å². The Kier molecular flexibility index (Phi) is 5.99. The summed E-state index contributed by atoms with van der Waals surface area (Å²) in [5, 5.41) is 18.7. The minimum Gasteiger partial charge on any atom is -0.481 e.